The monoisotopic (exact) mass is 170 g/mol. The molecule has 70 valence electrons. The quantitative estimate of drug-likeness (QED) is 0.608. The predicted molar refractivity (Wildman–Crippen MR) is 46.9 cm³/mol. The number of epoxide rings is 1. The summed E-state index contributed by atoms with van der Waals surface area (Å²) in [5, 5.41) is 10.2. The third kappa shape index (κ3) is 1.09. The Kier molecular flexibility index (Phi) is 1.59. The van der Waals surface area contributed by atoms with Gasteiger partial charge in [-0.25, -0.2) is 0 Å². The van der Waals surface area contributed by atoms with Crippen LogP contribution >= 0.6 is 0 Å². The van der Waals surface area contributed by atoms with Gasteiger partial charge in [0.15, 0.2) is 0 Å². The van der Waals surface area contributed by atoms with Crippen molar-refractivity contribution in [1.29, 1.82) is 0 Å². The molecule has 2 nitrogen and oxygen atoms in total. The first-order chi connectivity index (χ1) is 5.46. The van der Waals surface area contributed by atoms with Gasteiger partial charge in [0.2, 0.25) is 0 Å². The van der Waals surface area contributed by atoms with E-state index in [1.807, 2.05) is 0 Å². The lowest BCUT2D eigenvalue weighted by atomic mass is 9.74. The maximum atomic E-state index is 10.2. The van der Waals surface area contributed by atoms with Crippen molar-refractivity contribution < 1.29 is 9.84 Å². The molecular formula is C10H18O2. The van der Waals surface area contributed by atoms with E-state index in [0.29, 0.717) is 12.0 Å². The van der Waals surface area contributed by atoms with E-state index in [0.717, 1.165) is 19.3 Å². The van der Waals surface area contributed by atoms with Crippen LogP contribution in [0.5, 0.6) is 0 Å². The number of aliphatic hydroxyl groups is 1. The fourth-order valence-corrected chi connectivity index (χ4v) is 2.18. The molecule has 1 saturated carbocycles. The van der Waals surface area contributed by atoms with Crippen molar-refractivity contribution in [1.82, 2.24) is 0 Å². The van der Waals surface area contributed by atoms with Gasteiger partial charge >= 0.3 is 0 Å². The summed E-state index contributed by atoms with van der Waals surface area (Å²) in [4.78, 5) is 0. The van der Waals surface area contributed by atoms with Gasteiger partial charge in [0, 0.05) is 6.42 Å². The molecule has 0 amide bonds. The fraction of sp³-hybridized carbons (Fsp3) is 1.00. The van der Waals surface area contributed by atoms with E-state index in [-0.39, 0.29) is 5.60 Å². The lowest BCUT2D eigenvalue weighted by molar-refractivity contribution is -0.0349. The van der Waals surface area contributed by atoms with Gasteiger partial charge in [0.1, 0.15) is 0 Å². The Morgan fingerprint density at radius 2 is 2.08 bits per heavy atom. The zero-order chi connectivity index (χ0) is 8.98. The highest BCUT2D eigenvalue weighted by molar-refractivity contribution is 5.08. The molecular weight excluding hydrogens is 152 g/mol. The lowest BCUT2D eigenvalue weighted by Gasteiger charge is -2.35. The van der Waals surface area contributed by atoms with Crippen LogP contribution in [0.4, 0.5) is 0 Å². The molecule has 2 rings (SSSR count). The Bertz CT molecular complexity index is 202. The van der Waals surface area contributed by atoms with E-state index < -0.39 is 5.60 Å². The van der Waals surface area contributed by atoms with Crippen LogP contribution in [0.2, 0.25) is 0 Å². The van der Waals surface area contributed by atoms with Crippen molar-refractivity contribution in [2.75, 3.05) is 0 Å². The van der Waals surface area contributed by atoms with Crippen LogP contribution in [0.1, 0.15) is 40.0 Å². The van der Waals surface area contributed by atoms with Crippen molar-refractivity contribution in [2.45, 2.75) is 57.3 Å². The largest absolute Gasteiger partial charge is 0.390 e. The summed E-state index contributed by atoms with van der Waals surface area (Å²) in [6.07, 6.45) is 3.09. The standard InChI is InChI=1S/C10H18O2/c1-7(2)10(11)5-4-9(3)8(6-10)12-9/h7-8,11H,4-6H2,1-3H3. The number of rotatable bonds is 1. The topological polar surface area (TPSA) is 32.8 Å². The Labute approximate surface area is 73.9 Å². The summed E-state index contributed by atoms with van der Waals surface area (Å²) in [6.45, 7) is 6.33. The third-order valence-electron chi connectivity index (χ3n) is 3.70. The van der Waals surface area contributed by atoms with Gasteiger partial charge in [0.25, 0.3) is 0 Å². The van der Waals surface area contributed by atoms with Crippen molar-refractivity contribution in [3.8, 4) is 0 Å². The lowest BCUT2D eigenvalue weighted by Crippen LogP contribution is -2.41. The molecule has 0 aromatic rings. The van der Waals surface area contributed by atoms with Crippen LogP contribution in [-0.2, 0) is 4.74 Å². The molecule has 0 spiro atoms. The maximum absolute atomic E-state index is 10.2. The second-order valence-electron chi connectivity index (χ2n) is 4.88. The highest BCUT2D eigenvalue weighted by Crippen LogP contribution is 2.52. The molecule has 0 bridgehead atoms. The van der Waals surface area contributed by atoms with E-state index in [9.17, 15) is 5.11 Å². The van der Waals surface area contributed by atoms with Crippen LogP contribution < -0.4 is 0 Å². The van der Waals surface area contributed by atoms with E-state index in [1.165, 1.54) is 0 Å². The first-order valence-corrected chi connectivity index (χ1v) is 4.86. The van der Waals surface area contributed by atoms with Gasteiger partial charge in [0.05, 0.1) is 17.3 Å². The Morgan fingerprint density at radius 1 is 1.42 bits per heavy atom. The van der Waals surface area contributed by atoms with E-state index in [4.69, 9.17) is 4.74 Å². The minimum absolute atomic E-state index is 0.126. The zero-order valence-corrected chi connectivity index (χ0v) is 8.13. The van der Waals surface area contributed by atoms with Crippen LogP contribution in [0.25, 0.3) is 0 Å². The highest BCUT2D eigenvalue weighted by atomic mass is 16.6. The van der Waals surface area contributed by atoms with Crippen molar-refractivity contribution in [3.63, 3.8) is 0 Å². The van der Waals surface area contributed by atoms with Gasteiger partial charge in [-0.05, 0) is 25.7 Å². The van der Waals surface area contributed by atoms with Gasteiger partial charge in [-0.2, -0.15) is 0 Å². The summed E-state index contributed by atoms with van der Waals surface area (Å²) in [5.74, 6) is 0.353. The fourth-order valence-electron chi connectivity index (χ4n) is 2.18. The third-order valence-corrected chi connectivity index (χ3v) is 3.70. The molecule has 0 aromatic carbocycles. The minimum Gasteiger partial charge on any atom is -0.390 e. The summed E-state index contributed by atoms with van der Waals surface area (Å²) >= 11 is 0. The Hall–Kier alpha value is -0.0800. The molecule has 0 radical (unpaired) electrons. The number of hydrogen-bond donors (Lipinski definition) is 1. The molecule has 3 atom stereocenters. The number of fused-ring (bicyclic) bond motifs is 1. The average molecular weight is 170 g/mol. The van der Waals surface area contributed by atoms with Gasteiger partial charge in [-0.3, -0.25) is 0 Å². The number of ether oxygens (including phenoxy) is 1. The van der Waals surface area contributed by atoms with Gasteiger partial charge < -0.3 is 9.84 Å². The SMILES string of the molecule is CC(C)C1(O)CCC2(C)OC2C1. The molecule has 1 aliphatic heterocycles. The summed E-state index contributed by atoms with van der Waals surface area (Å²) < 4.78 is 5.55. The van der Waals surface area contributed by atoms with Crippen molar-refractivity contribution in [3.05, 3.63) is 0 Å². The first kappa shape index (κ1) is 8.52. The van der Waals surface area contributed by atoms with Crippen molar-refractivity contribution >= 4 is 0 Å². The smallest absolute Gasteiger partial charge is 0.0922 e. The molecule has 1 heterocycles. The van der Waals surface area contributed by atoms with Crippen LogP contribution in [0.15, 0.2) is 0 Å². The Balaban J connectivity index is 2.05. The molecule has 12 heavy (non-hydrogen) atoms. The summed E-state index contributed by atoms with van der Waals surface area (Å²) in [5.41, 5.74) is -0.332. The van der Waals surface area contributed by atoms with Crippen LogP contribution in [0.3, 0.4) is 0 Å². The van der Waals surface area contributed by atoms with Gasteiger partial charge in [-0.1, -0.05) is 13.8 Å². The van der Waals surface area contributed by atoms with Crippen molar-refractivity contribution in [2.24, 2.45) is 5.92 Å². The van der Waals surface area contributed by atoms with E-state index >= 15 is 0 Å². The van der Waals surface area contributed by atoms with Gasteiger partial charge in [-0.15, -0.1) is 0 Å². The predicted octanol–water partition coefficient (Wildman–Crippen LogP) is 1.71. The summed E-state index contributed by atoms with van der Waals surface area (Å²) in [6, 6.07) is 0. The van der Waals surface area contributed by atoms with Crippen LogP contribution in [0, 0.1) is 5.92 Å². The molecule has 1 aliphatic carbocycles. The molecule has 2 fully saturated rings. The minimum atomic E-state index is -0.458. The molecule has 3 unspecified atom stereocenters. The second kappa shape index (κ2) is 2.24. The average Bonchev–Trinajstić information content (AvgIpc) is 2.60. The van der Waals surface area contributed by atoms with Crippen LogP contribution in [-0.4, -0.2) is 22.4 Å². The second-order valence-corrected chi connectivity index (χ2v) is 4.88. The highest BCUT2D eigenvalue weighted by Gasteiger charge is 2.59. The Morgan fingerprint density at radius 3 is 2.58 bits per heavy atom. The molecule has 1 saturated heterocycles. The van der Waals surface area contributed by atoms with E-state index in [1.54, 1.807) is 0 Å². The van der Waals surface area contributed by atoms with E-state index in [2.05, 4.69) is 20.8 Å². The molecule has 2 heteroatoms. The normalized spacial score (nSPS) is 52.2. The molecule has 0 aromatic heterocycles. The number of hydrogen-bond acceptors (Lipinski definition) is 2. The summed E-state index contributed by atoms with van der Waals surface area (Å²) in [7, 11) is 0. The molecule has 1 N–H and O–H groups in total. The first-order valence-electron chi connectivity index (χ1n) is 4.86. The molecule has 2 aliphatic rings. The zero-order valence-electron chi connectivity index (χ0n) is 8.13. The maximum Gasteiger partial charge on any atom is 0.0922 e.